The van der Waals surface area contributed by atoms with Crippen LogP contribution in [0.5, 0.6) is 0 Å². The highest BCUT2D eigenvalue weighted by Crippen LogP contribution is 2.10. The summed E-state index contributed by atoms with van der Waals surface area (Å²) in [4.78, 5) is 27.2. The fraction of sp³-hybridized carbons (Fsp3) is 0.364. The van der Waals surface area contributed by atoms with Crippen molar-refractivity contribution < 1.29 is 19.4 Å². The largest absolute Gasteiger partial charge is 0.480 e. The van der Waals surface area contributed by atoms with Gasteiger partial charge in [0, 0.05) is 19.9 Å². The first-order valence-corrected chi connectivity index (χ1v) is 5.26. The number of carboxylic acid groups (broad SMARTS) is 1. The molecular weight excluding hydrogens is 238 g/mol. The molecule has 18 heavy (non-hydrogen) atoms. The third kappa shape index (κ3) is 4.02. The number of ether oxygens (including phenoxy) is 1. The molecule has 0 saturated heterocycles. The first-order chi connectivity index (χ1) is 8.54. The molecule has 1 rings (SSSR count). The van der Waals surface area contributed by atoms with E-state index < -0.39 is 11.9 Å². The molecule has 0 atom stereocenters. The summed E-state index contributed by atoms with van der Waals surface area (Å²) in [5.41, 5.74) is 5.37. The highest BCUT2D eigenvalue weighted by molar-refractivity contribution is 5.92. The molecule has 7 nitrogen and oxygen atoms in total. The Hall–Kier alpha value is -2.15. The van der Waals surface area contributed by atoms with Crippen LogP contribution in [0.25, 0.3) is 0 Å². The van der Waals surface area contributed by atoms with E-state index in [4.69, 9.17) is 15.6 Å². The van der Waals surface area contributed by atoms with E-state index in [-0.39, 0.29) is 12.1 Å². The van der Waals surface area contributed by atoms with Crippen molar-refractivity contribution in [3.05, 3.63) is 23.9 Å². The van der Waals surface area contributed by atoms with Gasteiger partial charge in [-0.25, -0.2) is 4.98 Å². The molecule has 1 heterocycles. The highest BCUT2D eigenvalue weighted by atomic mass is 16.5. The van der Waals surface area contributed by atoms with Crippen LogP contribution in [0.15, 0.2) is 18.3 Å². The van der Waals surface area contributed by atoms with Crippen LogP contribution in [0.2, 0.25) is 0 Å². The second kappa shape index (κ2) is 6.55. The Morgan fingerprint density at radius 2 is 2.22 bits per heavy atom. The van der Waals surface area contributed by atoms with Gasteiger partial charge < -0.3 is 20.5 Å². The SMILES string of the molecule is COCCN(CC(=O)O)c1ccc(C(N)=O)cn1. The van der Waals surface area contributed by atoms with Crippen molar-refractivity contribution >= 4 is 17.7 Å². The third-order valence-corrected chi connectivity index (χ3v) is 2.25. The van der Waals surface area contributed by atoms with Crippen LogP contribution in [-0.2, 0) is 9.53 Å². The Morgan fingerprint density at radius 3 is 2.67 bits per heavy atom. The van der Waals surface area contributed by atoms with Gasteiger partial charge in [0.2, 0.25) is 5.91 Å². The summed E-state index contributed by atoms with van der Waals surface area (Å²) in [6.45, 7) is 0.588. The Balaban J connectivity index is 2.83. The Kier molecular flexibility index (Phi) is 5.06. The topological polar surface area (TPSA) is 106 Å². The molecule has 0 aromatic carbocycles. The monoisotopic (exact) mass is 253 g/mol. The van der Waals surface area contributed by atoms with E-state index in [1.165, 1.54) is 24.3 Å². The molecule has 0 aliphatic carbocycles. The van der Waals surface area contributed by atoms with Gasteiger partial charge in [-0.05, 0) is 12.1 Å². The number of nitrogens with two attached hydrogens (primary N) is 1. The molecule has 0 fully saturated rings. The van der Waals surface area contributed by atoms with Crippen LogP contribution >= 0.6 is 0 Å². The number of nitrogens with zero attached hydrogens (tertiary/aromatic N) is 2. The minimum atomic E-state index is -0.966. The number of aromatic nitrogens is 1. The lowest BCUT2D eigenvalue weighted by molar-refractivity contribution is -0.135. The van der Waals surface area contributed by atoms with Crippen molar-refractivity contribution in [1.82, 2.24) is 4.98 Å². The molecule has 7 heteroatoms. The van der Waals surface area contributed by atoms with E-state index in [2.05, 4.69) is 4.98 Å². The van der Waals surface area contributed by atoms with Gasteiger partial charge in [-0.2, -0.15) is 0 Å². The molecule has 98 valence electrons. The molecule has 0 aliphatic heterocycles. The molecule has 3 N–H and O–H groups in total. The van der Waals surface area contributed by atoms with Crippen LogP contribution in [0.4, 0.5) is 5.82 Å². The lowest BCUT2D eigenvalue weighted by Crippen LogP contribution is -2.33. The zero-order chi connectivity index (χ0) is 13.5. The number of rotatable bonds is 7. The minimum absolute atomic E-state index is 0.188. The number of pyridine rings is 1. The summed E-state index contributed by atoms with van der Waals surface area (Å²) in [5, 5.41) is 8.80. The fourth-order valence-electron chi connectivity index (χ4n) is 1.36. The summed E-state index contributed by atoms with van der Waals surface area (Å²) in [6, 6.07) is 3.06. The van der Waals surface area contributed by atoms with Gasteiger partial charge in [0.15, 0.2) is 0 Å². The number of aliphatic carboxylic acids is 1. The molecule has 0 spiro atoms. The van der Waals surface area contributed by atoms with Gasteiger partial charge in [-0.1, -0.05) is 0 Å². The maximum atomic E-state index is 10.9. The number of methoxy groups -OCH3 is 1. The van der Waals surface area contributed by atoms with E-state index >= 15 is 0 Å². The average Bonchev–Trinajstić information content (AvgIpc) is 2.34. The van der Waals surface area contributed by atoms with Crippen molar-refractivity contribution in [3.63, 3.8) is 0 Å². The van der Waals surface area contributed by atoms with Gasteiger partial charge in [0.25, 0.3) is 0 Å². The van der Waals surface area contributed by atoms with Crippen molar-refractivity contribution in [2.24, 2.45) is 5.73 Å². The highest BCUT2D eigenvalue weighted by Gasteiger charge is 2.12. The van der Waals surface area contributed by atoms with Gasteiger partial charge in [0.05, 0.1) is 12.2 Å². The first kappa shape index (κ1) is 13.9. The number of hydrogen-bond acceptors (Lipinski definition) is 5. The Labute approximate surface area is 104 Å². The number of amides is 1. The van der Waals surface area contributed by atoms with E-state index in [1.807, 2.05) is 0 Å². The number of carbonyl (C=O) groups is 2. The molecule has 0 radical (unpaired) electrons. The number of carboxylic acids is 1. The molecule has 1 amide bonds. The van der Waals surface area contributed by atoms with Crippen LogP contribution in [0.1, 0.15) is 10.4 Å². The molecule has 0 aliphatic rings. The standard InChI is InChI=1S/C11H15N3O4/c1-18-5-4-14(7-10(15)16)9-3-2-8(6-13-9)11(12)17/h2-3,6H,4-5,7H2,1H3,(H2,12,17)(H,15,16). The van der Waals surface area contributed by atoms with E-state index in [1.54, 1.807) is 6.07 Å². The zero-order valence-electron chi connectivity index (χ0n) is 10.00. The molecule has 1 aromatic rings. The molecule has 0 saturated carbocycles. The van der Waals surface area contributed by atoms with E-state index in [0.29, 0.717) is 19.0 Å². The summed E-state index contributed by atoms with van der Waals surface area (Å²) in [7, 11) is 1.53. The molecular formula is C11H15N3O4. The van der Waals surface area contributed by atoms with Gasteiger partial charge in [-0.15, -0.1) is 0 Å². The van der Waals surface area contributed by atoms with Crippen LogP contribution in [-0.4, -0.2) is 48.8 Å². The summed E-state index contributed by atoms with van der Waals surface area (Å²) < 4.78 is 4.90. The second-order valence-corrected chi connectivity index (χ2v) is 3.58. The fourth-order valence-corrected chi connectivity index (χ4v) is 1.36. The van der Waals surface area contributed by atoms with Crippen molar-refractivity contribution in [1.29, 1.82) is 0 Å². The van der Waals surface area contributed by atoms with Gasteiger partial charge in [0.1, 0.15) is 12.4 Å². The van der Waals surface area contributed by atoms with Crippen molar-refractivity contribution in [2.75, 3.05) is 31.7 Å². The predicted octanol–water partition coefficient (Wildman–Crippen LogP) is -0.282. The normalized spacial score (nSPS) is 10.1. The predicted molar refractivity (Wildman–Crippen MR) is 64.5 cm³/mol. The maximum absolute atomic E-state index is 10.9. The van der Waals surface area contributed by atoms with Crippen LogP contribution in [0, 0.1) is 0 Å². The number of hydrogen-bond donors (Lipinski definition) is 2. The number of primary amides is 1. The lowest BCUT2D eigenvalue weighted by atomic mass is 10.2. The van der Waals surface area contributed by atoms with E-state index in [0.717, 1.165) is 0 Å². The van der Waals surface area contributed by atoms with Crippen molar-refractivity contribution in [2.45, 2.75) is 0 Å². The summed E-state index contributed by atoms with van der Waals surface area (Å²) in [5.74, 6) is -1.08. The van der Waals surface area contributed by atoms with Gasteiger partial charge in [-0.3, -0.25) is 9.59 Å². The quantitative estimate of drug-likeness (QED) is 0.692. The van der Waals surface area contributed by atoms with E-state index in [9.17, 15) is 9.59 Å². The van der Waals surface area contributed by atoms with Crippen LogP contribution in [0.3, 0.4) is 0 Å². The summed E-state index contributed by atoms with van der Waals surface area (Å²) in [6.07, 6.45) is 1.32. The summed E-state index contributed by atoms with van der Waals surface area (Å²) >= 11 is 0. The molecule has 0 unspecified atom stereocenters. The maximum Gasteiger partial charge on any atom is 0.323 e. The van der Waals surface area contributed by atoms with Gasteiger partial charge >= 0.3 is 5.97 Å². The second-order valence-electron chi connectivity index (χ2n) is 3.58. The molecule has 1 aromatic heterocycles. The smallest absolute Gasteiger partial charge is 0.323 e. The Morgan fingerprint density at radius 1 is 1.50 bits per heavy atom. The van der Waals surface area contributed by atoms with Crippen LogP contribution < -0.4 is 10.6 Å². The third-order valence-electron chi connectivity index (χ3n) is 2.25. The van der Waals surface area contributed by atoms with Crippen molar-refractivity contribution in [3.8, 4) is 0 Å². The number of anilines is 1. The number of carbonyl (C=O) groups excluding carboxylic acids is 1. The first-order valence-electron chi connectivity index (χ1n) is 5.26. The lowest BCUT2D eigenvalue weighted by Gasteiger charge is -2.21. The average molecular weight is 253 g/mol. The Bertz CT molecular complexity index is 419. The minimum Gasteiger partial charge on any atom is -0.480 e. The zero-order valence-corrected chi connectivity index (χ0v) is 10.00. The molecule has 0 bridgehead atoms.